The first-order chi connectivity index (χ1) is 11.6. The molecule has 0 aromatic heterocycles. The van der Waals surface area contributed by atoms with Gasteiger partial charge in [0.15, 0.2) is 0 Å². The highest BCUT2D eigenvalue weighted by Gasteiger charge is 2.11. The van der Waals surface area contributed by atoms with E-state index < -0.39 is 0 Å². The van der Waals surface area contributed by atoms with Gasteiger partial charge in [-0.1, -0.05) is 48.5 Å². The fraction of sp³-hybridized carbons (Fsp3) is 0.350. The molecule has 2 aromatic rings. The summed E-state index contributed by atoms with van der Waals surface area (Å²) in [7, 11) is 4.08. The van der Waals surface area contributed by atoms with E-state index in [4.69, 9.17) is 0 Å². The zero-order valence-corrected chi connectivity index (χ0v) is 14.6. The molecule has 128 valence electrons. The molecule has 0 aliphatic carbocycles. The first kappa shape index (κ1) is 18.0. The van der Waals surface area contributed by atoms with Crippen molar-refractivity contribution in [1.82, 2.24) is 10.2 Å². The number of nitrogens with one attached hydrogen (secondary N) is 1. The molecule has 1 N–H and O–H groups in total. The van der Waals surface area contributed by atoms with Crippen molar-refractivity contribution in [3.05, 3.63) is 66.2 Å². The van der Waals surface area contributed by atoms with Crippen LogP contribution in [0.5, 0.6) is 0 Å². The smallest absolute Gasteiger partial charge is 0.239 e. The van der Waals surface area contributed by atoms with Gasteiger partial charge in [0.2, 0.25) is 5.91 Å². The third-order valence-electron chi connectivity index (χ3n) is 3.78. The Balaban J connectivity index is 1.94. The molecule has 2 aromatic carbocycles. The molecule has 0 radical (unpaired) electrons. The van der Waals surface area contributed by atoms with Crippen molar-refractivity contribution in [3.8, 4) is 0 Å². The van der Waals surface area contributed by atoms with Crippen molar-refractivity contribution >= 4 is 11.6 Å². The van der Waals surface area contributed by atoms with Crippen molar-refractivity contribution in [2.75, 3.05) is 38.6 Å². The molecule has 0 spiro atoms. The summed E-state index contributed by atoms with van der Waals surface area (Å²) >= 11 is 0. The normalized spacial score (nSPS) is 10.6. The summed E-state index contributed by atoms with van der Waals surface area (Å²) in [5, 5.41) is 3.02. The van der Waals surface area contributed by atoms with Gasteiger partial charge in [-0.05, 0) is 44.8 Å². The van der Waals surface area contributed by atoms with Crippen LogP contribution in [0.25, 0.3) is 0 Å². The minimum absolute atomic E-state index is 0.0635. The van der Waals surface area contributed by atoms with E-state index in [2.05, 4.69) is 27.2 Å². The first-order valence-electron chi connectivity index (χ1n) is 8.40. The molecule has 0 fully saturated rings. The molecule has 0 bridgehead atoms. The SMILES string of the molecule is CN(C)CCCNC(=O)CN(Cc1ccccc1)c1ccccc1. The lowest BCUT2D eigenvalue weighted by Gasteiger charge is -2.24. The molecule has 2 rings (SSSR count). The minimum Gasteiger partial charge on any atom is -0.358 e. The predicted octanol–water partition coefficient (Wildman–Crippen LogP) is 2.76. The number of benzene rings is 2. The zero-order valence-electron chi connectivity index (χ0n) is 14.6. The van der Waals surface area contributed by atoms with Crippen molar-refractivity contribution < 1.29 is 4.79 Å². The van der Waals surface area contributed by atoms with Crippen LogP contribution < -0.4 is 10.2 Å². The Morgan fingerprint density at radius 2 is 1.58 bits per heavy atom. The van der Waals surface area contributed by atoms with Crippen LogP contribution >= 0.6 is 0 Å². The van der Waals surface area contributed by atoms with Crippen molar-refractivity contribution in [3.63, 3.8) is 0 Å². The monoisotopic (exact) mass is 325 g/mol. The van der Waals surface area contributed by atoms with Crippen LogP contribution in [-0.4, -0.2) is 44.5 Å². The van der Waals surface area contributed by atoms with E-state index in [0.29, 0.717) is 13.1 Å². The molecule has 1 amide bonds. The van der Waals surface area contributed by atoms with Gasteiger partial charge >= 0.3 is 0 Å². The van der Waals surface area contributed by atoms with E-state index >= 15 is 0 Å². The standard InChI is InChI=1S/C20H27N3O/c1-22(2)15-9-14-21-20(24)17-23(19-12-7-4-8-13-19)16-18-10-5-3-6-11-18/h3-8,10-13H,9,14-17H2,1-2H3,(H,21,24). The van der Waals surface area contributed by atoms with E-state index in [1.807, 2.05) is 62.6 Å². The van der Waals surface area contributed by atoms with E-state index in [9.17, 15) is 4.79 Å². The Morgan fingerprint density at radius 1 is 0.958 bits per heavy atom. The number of anilines is 1. The molecule has 0 heterocycles. The van der Waals surface area contributed by atoms with Gasteiger partial charge in [-0.3, -0.25) is 4.79 Å². The van der Waals surface area contributed by atoms with Gasteiger partial charge in [-0.2, -0.15) is 0 Å². The van der Waals surface area contributed by atoms with Crippen LogP contribution in [0.3, 0.4) is 0 Å². The molecule has 24 heavy (non-hydrogen) atoms. The first-order valence-corrected chi connectivity index (χ1v) is 8.40. The maximum Gasteiger partial charge on any atom is 0.239 e. The van der Waals surface area contributed by atoms with Crippen molar-refractivity contribution in [2.45, 2.75) is 13.0 Å². The Hall–Kier alpha value is -2.33. The number of nitrogens with zero attached hydrogens (tertiary/aromatic N) is 2. The van der Waals surface area contributed by atoms with Crippen LogP contribution in [0.1, 0.15) is 12.0 Å². The topological polar surface area (TPSA) is 35.6 Å². The molecule has 0 aliphatic heterocycles. The molecule has 0 saturated carbocycles. The summed E-state index contributed by atoms with van der Waals surface area (Å²) < 4.78 is 0. The second-order valence-corrected chi connectivity index (χ2v) is 6.18. The highest BCUT2D eigenvalue weighted by molar-refractivity contribution is 5.81. The van der Waals surface area contributed by atoms with Crippen molar-refractivity contribution in [2.24, 2.45) is 0 Å². The minimum atomic E-state index is 0.0635. The summed E-state index contributed by atoms with van der Waals surface area (Å²) in [6.45, 7) is 2.77. The number of amides is 1. The highest BCUT2D eigenvalue weighted by atomic mass is 16.2. The van der Waals surface area contributed by atoms with Crippen LogP contribution in [0.2, 0.25) is 0 Å². The fourth-order valence-corrected chi connectivity index (χ4v) is 2.53. The number of carbonyl (C=O) groups excluding carboxylic acids is 1. The molecule has 0 saturated heterocycles. The second-order valence-electron chi connectivity index (χ2n) is 6.18. The van der Waals surface area contributed by atoms with Crippen LogP contribution in [0.15, 0.2) is 60.7 Å². The summed E-state index contributed by atoms with van der Waals surface area (Å²) in [6.07, 6.45) is 0.961. The lowest BCUT2D eigenvalue weighted by atomic mass is 10.2. The van der Waals surface area contributed by atoms with Crippen LogP contribution in [0, 0.1) is 0 Å². The van der Waals surface area contributed by atoms with Gasteiger partial charge in [0.05, 0.1) is 6.54 Å². The average molecular weight is 325 g/mol. The highest BCUT2D eigenvalue weighted by Crippen LogP contribution is 2.16. The van der Waals surface area contributed by atoms with E-state index in [1.165, 1.54) is 5.56 Å². The molecular formula is C20H27N3O. The molecule has 0 atom stereocenters. The summed E-state index contributed by atoms with van der Waals surface area (Å²) in [4.78, 5) is 16.5. The van der Waals surface area contributed by atoms with Gasteiger partial charge in [0, 0.05) is 18.8 Å². The number of hydrogen-bond donors (Lipinski definition) is 1. The molecule has 0 aliphatic rings. The van der Waals surface area contributed by atoms with Crippen LogP contribution in [0.4, 0.5) is 5.69 Å². The number of hydrogen-bond acceptors (Lipinski definition) is 3. The Kier molecular flexibility index (Phi) is 7.30. The van der Waals surface area contributed by atoms with E-state index in [-0.39, 0.29) is 5.91 Å². The maximum atomic E-state index is 12.3. The van der Waals surface area contributed by atoms with Gasteiger partial charge in [0.25, 0.3) is 0 Å². The fourth-order valence-electron chi connectivity index (χ4n) is 2.53. The quantitative estimate of drug-likeness (QED) is 0.720. The van der Waals surface area contributed by atoms with Gasteiger partial charge in [0.1, 0.15) is 0 Å². The Bertz CT molecular complexity index is 599. The van der Waals surface area contributed by atoms with E-state index in [0.717, 1.165) is 25.2 Å². The van der Waals surface area contributed by atoms with Crippen molar-refractivity contribution in [1.29, 1.82) is 0 Å². The number of rotatable bonds is 9. The predicted molar refractivity (Wildman–Crippen MR) is 100 cm³/mol. The molecule has 4 nitrogen and oxygen atoms in total. The third kappa shape index (κ3) is 6.42. The van der Waals surface area contributed by atoms with E-state index in [1.54, 1.807) is 0 Å². The Morgan fingerprint density at radius 3 is 2.21 bits per heavy atom. The molecule has 0 unspecified atom stereocenters. The summed E-state index contributed by atoms with van der Waals surface area (Å²) in [5.41, 5.74) is 2.26. The van der Waals surface area contributed by atoms with Crippen LogP contribution in [-0.2, 0) is 11.3 Å². The summed E-state index contributed by atoms with van der Waals surface area (Å²) in [6, 6.07) is 20.3. The maximum absolute atomic E-state index is 12.3. The largest absolute Gasteiger partial charge is 0.358 e. The van der Waals surface area contributed by atoms with Gasteiger partial charge < -0.3 is 15.1 Å². The molecular weight excluding hydrogens is 298 g/mol. The lowest BCUT2D eigenvalue weighted by Crippen LogP contribution is -2.38. The van der Waals surface area contributed by atoms with Gasteiger partial charge in [-0.15, -0.1) is 0 Å². The zero-order chi connectivity index (χ0) is 17.2. The summed E-state index contributed by atoms with van der Waals surface area (Å²) in [5.74, 6) is 0.0635. The second kappa shape index (κ2) is 9.73. The Labute approximate surface area is 145 Å². The third-order valence-corrected chi connectivity index (χ3v) is 3.78. The average Bonchev–Trinajstić information content (AvgIpc) is 2.60. The number of para-hydroxylation sites is 1. The number of carbonyl (C=O) groups is 1. The lowest BCUT2D eigenvalue weighted by molar-refractivity contribution is -0.119. The van der Waals surface area contributed by atoms with Gasteiger partial charge in [-0.25, -0.2) is 0 Å². The molecule has 4 heteroatoms.